The van der Waals surface area contributed by atoms with Crippen molar-refractivity contribution in [2.75, 3.05) is 0 Å². The average Bonchev–Trinajstić information content (AvgIpc) is 3.94. The summed E-state index contributed by atoms with van der Waals surface area (Å²) < 4.78 is 7.64. The molecule has 9 aromatic carbocycles. The van der Waals surface area contributed by atoms with Crippen molar-refractivity contribution < 1.29 is 0 Å². The van der Waals surface area contributed by atoms with Crippen molar-refractivity contribution in [1.29, 1.82) is 0 Å². The van der Waals surface area contributed by atoms with Crippen LogP contribution in [0.4, 0.5) is 0 Å². The molecule has 0 fully saturated rings. The molecule has 0 amide bonds. The lowest BCUT2D eigenvalue weighted by atomic mass is 10.1. The fourth-order valence-corrected chi connectivity index (χ4v) is 14.9. The van der Waals surface area contributed by atoms with Gasteiger partial charge in [-0.15, -0.1) is 0 Å². The van der Waals surface area contributed by atoms with Crippen molar-refractivity contribution in [1.82, 2.24) is 13.4 Å². The Hall–Kier alpha value is -7.40. The molecule has 3 nitrogen and oxygen atoms in total. The van der Waals surface area contributed by atoms with Gasteiger partial charge in [-0.2, -0.15) is 0 Å². The van der Waals surface area contributed by atoms with Gasteiger partial charge >= 0.3 is 0 Å². The van der Waals surface area contributed by atoms with Crippen LogP contribution in [0.3, 0.4) is 0 Å². The Bertz CT molecular complexity index is 3370. The number of nitrogens with zero attached hydrogens (tertiary/aromatic N) is 3. The first-order chi connectivity index (χ1) is 28.8. The number of fused-ring (bicyclic) bond motifs is 9. The Morgan fingerprint density at radius 1 is 0.241 bits per heavy atom. The largest absolute Gasteiger partial charge is 0.355 e. The van der Waals surface area contributed by atoms with Crippen LogP contribution in [-0.2, 0) is 0 Å². The predicted molar refractivity (Wildman–Crippen MR) is 248 cm³/mol. The molecule has 0 spiro atoms. The first kappa shape index (κ1) is 32.8. The van der Waals surface area contributed by atoms with Gasteiger partial charge in [-0.25, -0.2) is 0 Å². The van der Waals surface area contributed by atoms with Crippen molar-refractivity contribution in [2.24, 2.45) is 0 Å². The van der Waals surface area contributed by atoms with Crippen molar-refractivity contribution in [3.05, 3.63) is 224 Å². The molecule has 0 unspecified atom stereocenters. The Kier molecular flexibility index (Phi) is 7.25. The van der Waals surface area contributed by atoms with Crippen LogP contribution in [-0.4, -0.2) is 21.6 Å². The van der Waals surface area contributed by atoms with E-state index < -0.39 is 8.24 Å². The normalized spacial score (nSPS) is 12.1. The highest BCUT2D eigenvalue weighted by atomic mass is 28.3. The van der Waals surface area contributed by atoms with E-state index >= 15 is 0 Å². The first-order valence-corrected chi connectivity index (χ1v) is 22.0. The Morgan fingerprint density at radius 3 is 1.09 bits per heavy atom. The monoisotopic (exact) mass is 755 g/mol. The molecule has 4 heteroatoms. The summed E-state index contributed by atoms with van der Waals surface area (Å²) in [4.78, 5) is 0. The molecule has 0 aliphatic heterocycles. The van der Waals surface area contributed by atoms with E-state index in [2.05, 4.69) is 238 Å². The van der Waals surface area contributed by atoms with E-state index in [-0.39, 0.29) is 0 Å². The minimum Gasteiger partial charge on any atom is -0.355 e. The van der Waals surface area contributed by atoms with Crippen LogP contribution in [0.15, 0.2) is 224 Å². The number of hydrogen-bond acceptors (Lipinski definition) is 0. The highest BCUT2D eigenvalue weighted by Gasteiger charge is 2.44. The van der Waals surface area contributed by atoms with E-state index in [1.54, 1.807) is 0 Å². The molecular weight excluding hydrogens is 719 g/mol. The van der Waals surface area contributed by atoms with Crippen LogP contribution in [0.1, 0.15) is 0 Å². The summed E-state index contributed by atoms with van der Waals surface area (Å²) in [6.45, 7) is 0. The van der Waals surface area contributed by atoms with Gasteiger partial charge in [0.05, 0.1) is 22.1 Å². The maximum atomic E-state index is 2.75. The average molecular weight is 756 g/mol. The molecule has 0 aliphatic rings. The third kappa shape index (κ3) is 4.61. The van der Waals surface area contributed by atoms with E-state index in [0.29, 0.717) is 0 Å². The van der Waals surface area contributed by atoms with E-state index in [4.69, 9.17) is 0 Å². The van der Waals surface area contributed by atoms with E-state index in [0.717, 1.165) is 11.4 Å². The van der Waals surface area contributed by atoms with Gasteiger partial charge in [-0.3, -0.25) is 0 Å². The zero-order valence-corrected chi connectivity index (χ0v) is 32.7. The lowest BCUT2D eigenvalue weighted by molar-refractivity contribution is 1.18. The molecule has 272 valence electrons. The topological polar surface area (TPSA) is 14.8 Å². The van der Waals surface area contributed by atoms with Crippen LogP contribution in [0, 0.1) is 0 Å². The second-order valence-corrected chi connectivity index (χ2v) is 18.9. The zero-order chi connectivity index (χ0) is 38.2. The Labute approximate surface area is 337 Å². The van der Waals surface area contributed by atoms with E-state index in [9.17, 15) is 0 Å². The number of benzene rings is 9. The Morgan fingerprint density at radius 2 is 0.603 bits per heavy atom. The number of aromatic nitrogens is 3. The molecule has 0 radical (unpaired) electrons. The van der Waals surface area contributed by atoms with Gasteiger partial charge < -0.3 is 13.4 Å². The summed E-state index contributed by atoms with van der Waals surface area (Å²) in [6.07, 6.45) is 0. The van der Waals surface area contributed by atoms with Gasteiger partial charge in [-0.1, -0.05) is 164 Å². The smallest absolute Gasteiger partial charge is 0.257 e. The SMILES string of the molecule is c1ccc([Si](c2ccccc2)(c2cccc(-n3c4ccccc4c4ccccc43)c2)n2c3ccccc3c3cc(-n4c5ccccc5c5ccccc54)ccc32)cc1. The molecule has 0 atom stereocenters. The summed E-state index contributed by atoms with van der Waals surface area (Å²) >= 11 is 0. The summed E-state index contributed by atoms with van der Waals surface area (Å²) in [5.74, 6) is 0. The molecule has 0 bridgehead atoms. The van der Waals surface area contributed by atoms with Crippen LogP contribution in [0.25, 0.3) is 76.8 Å². The third-order valence-corrected chi connectivity index (χ3v) is 17.0. The van der Waals surface area contributed by atoms with Gasteiger partial charge in [0.2, 0.25) is 0 Å². The minimum absolute atomic E-state index is 1.16. The van der Waals surface area contributed by atoms with Gasteiger partial charge in [0.25, 0.3) is 8.24 Å². The summed E-state index contributed by atoms with van der Waals surface area (Å²) in [5.41, 5.74) is 9.63. The van der Waals surface area contributed by atoms with Crippen LogP contribution in [0.2, 0.25) is 0 Å². The fraction of sp³-hybridized carbons (Fsp3) is 0. The quantitative estimate of drug-likeness (QED) is 0.119. The molecule has 0 aliphatic carbocycles. The highest BCUT2D eigenvalue weighted by molar-refractivity contribution is 7.11. The Balaban J connectivity index is 1.20. The molecule has 0 saturated heterocycles. The van der Waals surface area contributed by atoms with E-state index in [1.165, 1.54) is 81.0 Å². The standard InChI is InChI=1S/C54H37N3Si/c1-3-19-40(20-4-1)58(41-21-5-2-6-22-41,42-23-17-18-38(36-42)55-49-29-12-7-24-43(49)44-25-8-13-30-50(44)55)57-53-33-16-11-28-47(53)48-37-39(34-35-54(48)57)56-51-31-14-9-26-45(51)46-27-10-15-32-52(46)56/h1-37H. The van der Waals surface area contributed by atoms with Gasteiger partial charge in [-0.05, 0) is 76.2 Å². The van der Waals surface area contributed by atoms with Crippen molar-refractivity contribution in [2.45, 2.75) is 0 Å². The molecule has 12 rings (SSSR count). The van der Waals surface area contributed by atoms with Gasteiger partial charge in [0.15, 0.2) is 0 Å². The number of rotatable bonds is 6. The first-order valence-electron chi connectivity index (χ1n) is 20.0. The molecule has 0 saturated carbocycles. The molecule has 0 N–H and O–H groups in total. The molecule has 58 heavy (non-hydrogen) atoms. The number of para-hydroxylation sites is 5. The van der Waals surface area contributed by atoms with Gasteiger partial charge in [0, 0.05) is 54.7 Å². The predicted octanol–water partition coefficient (Wildman–Crippen LogP) is 11.5. The maximum Gasteiger partial charge on any atom is 0.257 e. The fourth-order valence-electron chi connectivity index (χ4n) is 9.98. The minimum atomic E-state index is -3.13. The summed E-state index contributed by atoms with van der Waals surface area (Å²) in [7, 11) is -3.13. The molecule has 3 heterocycles. The maximum absolute atomic E-state index is 3.13. The lowest BCUT2D eigenvalue weighted by Gasteiger charge is -2.36. The van der Waals surface area contributed by atoms with Crippen LogP contribution < -0.4 is 15.6 Å². The van der Waals surface area contributed by atoms with Crippen LogP contribution in [0.5, 0.6) is 0 Å². The molecular formula is C54H37N3Si. The van der Waals surface area contributed by atoms with Crippen molar-refractivity contribution in [3.8, 4) is 11.4 Å². The second-order valence-electron chi connectivity index (χ2n) is 15.3. The van der Waals surface area contributed by atoms with Crippen molar-refractivity contribution in [3.63, 3.8) is 0 Å². The van der Waals surface area contributed by atoms with Crippen LogP contribution >= 0.6 is 0 Å². The summed E-state index contributed by atoms with van der Waals surface area (Å²) in [6, 6.07) is 83.4. The second kappa shape index (κ2) is 12.8. The third-order valence-electron chi connectivity index (χ3n) is 12.3. The lowest BCUT2D eigenvalue weighted by Crippen LogP contribution is -2.72. The highest BCUT2D eigenvalue weighted by Crippen LogP contribution is 2.38. The zero-order valence-electron chi connectivity index (χ0n) is 31.7. The molecule has 3 aromatic heterocycles. The van der Waals surface area contributed by atoms with Crippen molar-refractivity contribution >= 4 is 89.2 Å². The molecule has 12 aromatic rings. The summed E-state index contributed by atoms with van der Waals surface area (Å²) in [5, 5.41) is 11.5. The van der Waals surface area contributed by atoms with Gasteiger partial charge in [0.1, 0.15) is 0 Å². The van der Waals surface area contributed by atoms with E-state index in [1.807, 2.05) is 0 Å². The number of hydrogen-bond donors (Lipinski definition) is 0.